The molecule has 0 spiro atoms. The molecule has 4 aromatic rings. The fourth-order valence-electron chi connectivity index (χ4n) is 2.97. The Labute approximate surface area is 168 Å². The summed E-state index contributed by atoms with van der Waals surface area (Å²) in [6, 6.07) is 20.1. The molecule has 0 aliphatic heterocycles. The van der Waals surface area contributed by atoms with Crippen molar-refractivity contribution in [3.63, 3.8) is 0 Å². The highest BCUT2D eigenvalue weighted by atomic mass is 32.1. The fraction of sp³-hybridized carbons (Fsp3) is 0.130. The van der Waals surface area contributed by atoms with Gasteiger partial charge in [0.15, 0.2) is 0 Å². The van der Waals surface area contributed by atoms with Crippen LogP contribution in [0.25, 0.3) is 32.4 Å². The van der Waals surface area contributed by atoms with Crippen LogP contribution in [0.15, 0.2) is 66.9 Å². The fourth-order valence-corrected chi connectivity index (χ4v) is 4.03. The van der Waals surface area contributed by atoms with Crippen molar-refractivity contribution in [1.29, 1.82) is 0 Å². The maximum Gasteiger partial charge on any atom is 0.143 e. The van der Waals surface area contributed by atoms with Gasteiger partial charge in [-0.05, 0) is 78.7 Å². The van der Waals surface area contributed by atoms with Crippen LogP contribution in [-0.4, -0.2) is 24.2 Å². The third-order valence-electron chi connectivity index (χ3n) is 4.48. The highest BCUT2D eigenvalue weighted by Gasteiger charge is 2.17. The summed E-state index contributed by atoms with van der Waals surface area (Å²) < 4.78 is 10.6. The summed E-state index contributed by atoms with van der Waals surface area (Å²) in [6.45, 7) is 2.06. The third-order valence-corrected chi connectivity index (χ3v) is 5.60. The zero-order chi connectivity index (χ0) is 19.5. The van der Waals surface area contributed by atoms with Gasteiger partial charge in [-0.1, -0.05) is 0 Å². The van der Waals surface area contributed by atoms with Crippen molar-refractivity contribution in [3.05, 3.63) is 72.4 Å². The lowest BCUT2D eigenvalue weighted by Gasteiger charge is -2.05. The molecule has 0 saturated heterocycles. The van der Waals surface area contributed by atoms with E-state index in [0.29, 0.717) is 0 Å². The van der Waals surface area contributed by atoms with Crippen LogP contribution in [0.4, 0.5) is 0 Å². The molecule has 0 saturated carbocycles. The first-order valence-electron chi connectivity index (χ1n) is 8.90. The lowest BCUT2D eigenvalue weighted by Crippen LogP contribution is -1.86. The van der Waals surface area contributed by atoms with Gasteiger partial charge in [-0.3, -0.25) is 4.98 Å². The van der Waals surface area contributed by atoms with Crippen molar-refractivity contribution in [2.45, 2.75) is 6.92 Å². The largest absolute Gasteiger partial charge is 0.497 e. The molecule has 0 aliphatic rings. The first-order valence-corrected chi connectivity index (χ1v) is 9.72. The van der Waals surface area contributed by atoms with Crippen LogP contribution in [0.2, 0.25) is 0 Å². The van der Waals surface area contributed by atoms with Crippen LogP contribution < -0.4 is 9.47 Å². The number of benzene rings is 2. The normalized spacial score (nSPS) is 10.7. The van der Waals surface area contributed by atoms with E-state index in [1.807, 2.05) is 48.7 Å². The lowest BCUT2D eigenvalue weighted by atomic mass is 10.1. The molecule has 2 aromatic heterocycles. The highest BCUT2D eigenvalue weighted by Crippen LogP contribution is 2.41. The van der Waals surface area contributed by atoms with Gasteiger partial charge in [0.1, 0.15) is 16.5 Å². The number of hydrogen-bond acceptors (Lipinski definition) is 5. The molecular weight excluding hydrogens is 368 g/mol. The van der Waals surface area contributed by atoms with Gasteiger partial charge < -0.3 is 9.47 Å². The first kappa shape index (κ1) is 18.2. The van der Waals surface area contributed by atoms with E-state index < -0.39 is 0 Å². The van der Waals surface area contributed by atoms with Crippen molar-refractivity contribution in [3.8, 4) is 43.9 Å². The number of pyridine rings is 1. The van der Waals surface area contributed by atoms with Gasteiger partial charge >= 0.3 is 0 Å². The number of thiazole rings is 1. The molecule has 2 aromatic carbocycles. The third kappa shape index (κ3) is 3.62. The van der Waals surface area contributed by atoms with Crippen LogP contribution in [0.5, 0.6) is 11.5 Å². The second-order valence-electron chi connectivity index (χ2n) is 6.37. The minimum absolute atomic E-state index is 0.825. The van der Waals surface area contributed by atoms with Gasteiger partial charge in [0.2, 0.25) is 0 Å². The van der Waals surface area contributed by atoms with E-state index in [4.69, 9.17) is 14.5 Å². The molecule has 140 valence electrons. The minimum Gasteiger partial charge on any atom is -0.497 e. The zero-order valence-corrected chi connectivity index (χ0v) is 16.8. The molecular formula is C23H20N2O2S. The molecule has 0 amide bonds. The second kappa shape index (κ2) is 7.82. The Morgan fingerprint density at radius 1 is 0.786 bits per heavy atom. The van der Waals surface area contributed by atoms with Gasteiger partial charge in [0.05, 0.1) is 30.5 Å². The summed E-state index contributed by atoms with van der Waals surface area (Å²) in [7, 11) is 3.34. The monoisotopic (exact) mass is 388 g/mol. The van der Waals surface area contributed by atoms with Gasteiger partial charge in [0.25, 0.3) is 0 Å². The van der Waals surface area contributed by atoms with E-state index in [9.17, 15) is 0 Å². The second-order valence-corrected chi connectivity index (χ2v) is 7.37. The molecule has 0 atom stereocenters. The van der Waals surface area contributed by atoms with E-state index in [1.54, 1.807) is 25.6 Å². The van der Waals surface area contributed by atoms with Crippen molar-refractivity contribution < 1.29 is 9.47 Å². The van der Waals surface area contributed by atoms with Gasteiger partial charge in [-0.15, -0.1) is 11.3 Å². The number of nitrogens with zero attached hydrogens (tertiary/aromatic N) is 2. The SMILES string of the molecule is COc1ccc(-c2nc(-c3cc(C)ccn3)sc2-c2ccc(OC)cc2)cc1. The predicted molar refractivity (Wildman–Crippen MR) is 114 cm³/mol. The van der Waals surface area contributed by atoms with E-state index >= 15 is 0 Å². The minimum atomic E-state index is 0.825. The van der Waals surface area contributed by atoms with Crippen molar-refractivity contribution in [2.75, 3.05) is 14.2 Å². The smallest absolute Gasteiger partial charge is 0.143 e. The number of hydrogen-bond donors (Lipinski definition) is 0. The standard InChI is InChI=1S/C23H20N2O2S/c1-15-12-13-24-20(14-15)23-25-21(16-4-8-18(26-2)9-5-16)22(28-23)17-6-10-19(27-3)11-7-17/h4-14H,1-3H3. The number of aryl methyl sites for hydroxylation is 1. The molecule has 2 heterocycles. The average molecular weight is 388 g/mol. The molecule has 0 fully saturated rings. The molecule has 28 heavy (non-hydrogen) atoms. The lowest BCUT2D eigenvalue weighted by molar-refractivity contribution is 0.414. The Kier molecular flexibility index (Phi) is 5.08. The Balaban J connectivity index is 1.85. The zero-order valence-electron chi connectivity index (χ0n) is 16.0. The van der Waals surface area contributed by atoms with E-state index in [0.717, 1.165) is 49.5 Å². The average Bonchev–Trinajstić information content (AvgIpc) is 3.19. The number of rotatable bonds is 5. The van der Waals surface area contributed by atoms with Gasteiger partial charge in [0, 0.05) is 11.8 Å². The summed E-state index contributed by atoms with van der Waals surface area (Å²) in [5.74, 6) is 1.66. The van der Waals surface area contributed by atoms with Crippen LogP contribution in [-0.2, 0) is 0 Å². The molecule has 0 bridgehead atoms. The van der Waals surface area contributed by atoms with Crippen molar-refractivity contribution >= 4 is 11.3 Å². The maximum atomic E-state index is 5.30. The van der Waals surface area contributed by atoms with Crippen LogP contribution in [0, 0.1) is 6.92 Å². The predicted octanol–water partition coefficient (Wildman–Crippen LogP) is 5.86. The molecule has 0 radical (unpaired) electrons. The quantitative estimate of drug-likeness (QED) is 0.429. The Bertz CT molecular complexity index is 1020. The Morgan fingerprint density at radius 3 is 1.96 bits per heavy atom. The molecule has 4 nitrogen and oxygen atoms in total. The number of ether oxygens (including phenoxy) is 2. The Morgan fingerprint density at radius 2 is 1.39 bits per heavy atom. The summed E-state index contributed by atoms with van der Waals surface area (Å²) >= 11 is 1.65. The van der Waals surface area contributed by atoms with Gasteiger partial charge in [-0.2, -0.15) is 0 Å². The summed E-state index contributed by atoms with van der Waals surface area (Å²) in [5, 5.41) is 0.903. The van der Waals surface area contributed by atoms with Crippen LogP contribution in [0.3, 0.4) is 0 Å². The molecule has 0 N–H and O–H groups in total. The molecule has 0 unspecified atom stereocenters. The van der Waals surface area contributed by atoms with E-state index in [1.165, 1.54) is 0 Å². The van der Waals surface area contributed by atoms with Gasteiger partial charge in [-0.25, -0.2) is 4.98 Å². The topological polar surface area (TPSA) is 44.2 Å². The van der Waals surface area contributed by atoms with E-state index in [-0.39, 0.29) is 0 Å². The summed E-state index contributed by atoms with van der Waals surface area (Å²) in [6.07, 6.45) is 1.83. The molecule has 0 aliphatic carbocycles. The van der Waals surface area contributed by atoms with E-state index in [2.05, 4.69) is 30.1 Å². The Hall–Kier alpha value is -3.18. The number of aromatic nitrogens is 2. The maximum absolute atomic E-state index is 5.30. The molecule has 5 heteroatoms. The molecule has 4 rings (SSSR count). The van der Waals surface area contributed by atoms with Crippen LogP contribution >= 0.6 is 11.3 Å². The van der Waals surface area contributed by atoms with Crippen LogP contribution in [0.1, 0.15) is 5.56 Å². The highest BCUT2D eigenvalue weighted by molar-refractivity contribution is 7.18. The summed E-state index contributed by atoms with van der Waals surface area (Å²) in [5.41, 5.74) is 5.14. The van der Waals surface area contributed by atoms with Crippen molar-refractivity contribution in [1.82, 2.24) is 9.97 Å². The number of methoxy groups -OCH3 is 2. The van der Waals surface area contributed by atoms with Crippen molar-refractivity contribution in [2.24, 2.45) is 0 Å². The summed E-state index contributed by atoms with van der Waals surface area (Å²) in [4.78, 5) is 10.6. The first-order chi connectivity index (χ1) is 13.7.